The summed E-state index contributed by atoms with van der Waals surface area (Å²) in [4.78, 5) is 24.8. The number of fused-ring (bicyclic) bond motifs is 1. The SMILES string of the molecule is COCCN1C(=O)c2ccc(C(=O)NC(C)(CN)C(C)C)cc2S1(=O)=O.Cl. The summed E-state index contributed by atoms with van der Waals surface area (Å²) in [6, 6.07) is 4.05. The Kier molecular flexibility index (Phi) is 7.40. The molecule has 152 valence electrons. The van der Waals surface area contributed by atoms with E-state index < -0.39 is 27.4 Å². The van der Waals surface area contributed by atoms with Gasteiger partial charge in [0.05, 0.1) is 24.3 Å². The van der Waals surface area contributed by atoms with Crippen molar-refractivity contribution >= 4 is 34.2 Å². The third-order valence-corrected chi connectivity index (χ3v) is 6.69. The highest BCUT2D eigenvalue weighted by molar-refractivity contribution is 7.90. The van der Waals surface area contributed by atoms with Crippen LogP contribution in [0.15, 0.2) is 23.1 Å². The van der Waals surface area contributed by atoms with Crippen molar-refractivity contribution in [3.63, 3.8) is 0 Å². The van der Waals surface area contributed by atoms with Gasteiger partial charge in [-0.15, -0.1) is 12.4 Å². The van der Waals surface area contributed by atoms with Crippen molar-refractivity contribution in [1.82, 2.24) is 9.62 Å². The summed E-state index contributed by atoms with van der Waals surface area (Å²) in [6.45, 7) is 5.96. The van der Waals surface area contributed by atoms with Crippen LogP contribution in [0.4, 0.5) is 0 Å². The third-order valence-electron chi connectivity index (χ3n) is 4.86. The van der Waals surface area contributed by atoms with Crippen LogP contribution in [0.5, 0.6) is 0 Å². The second kappa shape index (κ2) is 8.55. The molecule has 2 rings (SSSR count). The normalized spacial score (nSPS) is 17.3. The second-order valence-electron chi connectivity index (χ2n) is 6.82. The van der Waals surface area contributed by atoms with Gasteiger partial charge >= 0.3 is 0 Å². The molecule has 1 aliphatic heterocycles. The molecular weight excluding hydrogens is 394 g/mol. The number of amides is 2. The predicted octanol–water partition coefficient (Wildman–Crippen LogP) is 1.00. The maximum absolute atomic E-state index is 12.6. The molecule has 0 saturated carbocycles. The molecule has 2 amide bonds. The molecule has 0 saturated heterocycles. The Balaban J connectivity index is 0.00000364. The first-order chi connectivity index (χ1) is 12.1. The van der Waals surface area contributed by atoms with Gasteiger partial charge in [-0.3, -0.25) is 9.59 Å². The number of ether oxygens (including phenoxy) is 1. The largest absolute Gasteiger partial charge is 0.383 e. The van der Waals surface area contributed by atoms with Gasteiger partial charge in [0.15, 0.2) is 0 Å². The molecule has 1 heterocycles. The van der Waals surface area contributed by atoms with Crippen LogP contribution < -0.4 is 11.1 Å². The molecular formula is C17H26ClN3O5S. The van der Waals surface area contributed by atoms with Gasteiger partial charge < -0.3 is 15.8 Å². The lowest BCUT2D eigenvalue weighted by atomic mass is 9.88. The van der Waals surface area contributed by atoms with E-state index in [1.165, 1.54) is 25.3 Å². The summed E-state index contributed by atoms with van der Waals surface area (Å²) >= 11 is 0. The quantitative estimate of drug-likeness (QED) is 0.680. The Morgan fingerprint density at radius 2 is 2.00 bits per heavy atom. The molecule has 0 bridgehead atoms. The maximum atomic E-state index is 12.6. The molecule has 0 aromatic heterocycles. The molecule has 3 N–H and O–H groups in total. The highest BCUT2D eigenvalue weighted by atomic mass is 35.5. The van der Waals surface area contributed by atoms with E-state index in [4.69, 9.17) is 10.5 Å². The lowest BCUT2D eigenvalue weighted by Crippen LogP contribution is -2.55. The number of hydrogen-bond acceptors (Lipinski definition) is 6. The van der Waals surface area contributed by atoms with E-state index in [0.29, 0.717) is 0 Å². The molecule has 1 aliphatic rings. The first kappa shape index (κ1) is 23.4. The molecule has 1 aromatic carbocycles. The summed E-state index contributed by atoms with van der Waals surface area (Å²) in [5, 5.41) is 2.86. The van der Waals surface area contributed by atoms with Crippen LogP contribution >= 0.6 is 12.4 Å². The minimum absolute atomic E-state index is 0. The number of nitrogens with zero attached hydrogens (tertiary/aromatic N) is 1. The number of nitrogens with two attached hydrogens (primary N) is 1. The fourth-order valence-corrected chi connectivity index (χ4v) is 4.15. The number of methoxy groups -OCH3 is 1. The maximum Gasteiger partial charge on any atom is 0.269 e. The second-order valence-corrected chi connectivity index (χ2v) is 8.65. The number of nitrogens with one attached hydrogen (secondary N) is 1. The summed E-state index contributed by atoms with van der Waals surface area (Å²) in [5.74, 6) is -0.967. The van der Waals surface area contributed by atoms with Crippen molar-refractivity contribution in [2.75, 3.05) is 26.8 Å². The first-order valence-corrected chi connectivity index (χ1v) is 9.75. The zero-order chi connectivity index (χ0) is 19.7. The molecule has 1 unspecified atom stereocenters. The smallest absolute Gasteiger partial charge is 0.269 e. The zero-order valence-electron chi connectivity index (χ0n) is 15.8. The van der Waals surface area contributed by atoms with E-state index in [2.05, 4.69) is 5.32 Å². The Hall–Kier alpha value is -1.68. The van der Waals surface area contributed by atoms with Gasteiger partial charge in [-0.25, -0.2) is 12.7 Å². The summed E-state index contributed by atoms with van der Waals surface area (Å²) in [7, 11) is -2.57. The Labute approximate surface area is 165 Å². The van der Waals surface area contributed by atoms with Gasteiger partial charge in [-0.05, 0) is 31.0 Å². The van der Waals surface area contributed by atoms with E-state index in [1.54, 1.807) is 0 Å². The van der Waals surface area contributed by atoms with Crippen LogP contribution in [0.3, 0.4) is 0 Å². The van der Waals surface area contributed by atoms with Crippen LogP contribution in [0.1, 0.15) is 41.5 Å². The van der Waals surface area contributed by atoms with Crippen molar-refractivity contribution in [3.8, 4) is 0 Å². The molecule has 10 heteroatoms. The molecule has 0 fully saturated rings. The number of benzene rings is 1. The van der Waals surface area contributed by atoms with E-state index >= 15 is 0 Å². The van der Waals surface area contributed by atoms with Crippen LogP contribution in [-0.2, 0) is 14.8 Å². The highest BCUT2D eigenvalue weighted by Gasteiger charge is 2.41. The van der Waals surface area contributed by atoms with Crippen molar-refractivity contribution in [2.45, 2.75) is 31.2 Å². The molecule has 0 aliphatic carbocycles. The summed E-state index contributed by atoms with van der Waals surface area (Å²) in [5.41, 5.74) is 5.37. The van der Waals surface area contributed by atoms with Gasteiger partial charge in [0.1, 0.15) is 4.90 Å². The van der Waals surface area contributed by atoms with Gasteiger partial charge in [-0.2, -0.15) is 0 Å². The van der Waals surface area contributed by atoms with E-state index in [-0.39, 0.29) is 54.0 Å². The van der Waals surface area contributed by atoms with Crippen LogP contribution in [0.25, 0.3) is 0 Å². The number of rotatable bonds is 7. The minimum atomic E-state index is -3.99. The van der Waals surface area contributed by atoms with Crippen molar-refractivity contribution < 1.29 is 22.7 Å². The number of carbonyl (C=O) groups is 2. The highest BCUT2D eigenvalue weighted by Crippen LogP contribution is 2.31. The van der Waals surface area contributed by atoms with Crippen molar-refractivity contribution in [2.24, 2.45) is 11.7 Å². The van der Waals surface area contributed by atoms with E-state index in [1.807, 2.05) is 20.8 Å². The van der Waals surface area contributed by atoms with Crippen LogP contribution in [0.2, 0.25) is 0 Å². The number of carbonyl (C=O) groups excluding carboxylic acids is 2. The van der Waals surface area contributed by atoms with Gasteiger partial charge in [-0.1, -0.05) is 13.8 Å². The molecule has 8 nitrogen and oxygen atoms in total. The van der Waals surface area contributed by atoms with Gasteiger partial charge in [0.2, 0.25) is 0 Å². The number of hydrogen-bond donors (Lipinski definition) is 2. The topological polar surface area (TPSA) is 119 Å². The van der Waals surface area contributed by atoms with Crippen LogP contribution in [0, 0.1) is 5.92 Å². The Morgan fingerprint density at radius 1 is 1.37 bits per heavy atom. The molecule has 27 heavy (non-hydrogen) atoms. The Morgan fingerprint density at radius 3 is 2.52 bits per heavy atom. The fourth-order valence-electron chi connectivity index (χ4n) is 2.57. The first-order valence-electron chi connectivity index (χ1n) is 8.31. The monoisotopic (exact) mass is 419 g/mol. The zero-order valence-corrected chi connectivity index (χ0v) is 17.4. The average molecular weight is 420 g/mol. The van der Waals surface area contributed by atoms with Gasteiger partial charge in [0, 0.05) is 19.2 Å². The fraction of sp³-hybridized carbons (Fsp3) is 0.529. The van der Waals surface area contributed by atoms with Crippen molar-refractivity contribution in [1.29, 1.82) is 0 Å². The third kappa shape index (κ3) is 4.26. The summed E-state index contributed by atoms with van der Waals surface area (Å²) < 4.78 is 30.9. The molecule has 0 spiro atoms. The predicted molar refractivity (Wildman–Crippen MR) is 104 cm³/mol. The lowest BCUT2D eigenvalue weighted by Gasteiger charge is -2.33. The van der Waals surface area contributed by atoms with E-state index in [0.717, 1.165) is 4.31 Å². The number of sulfonamides is 1. The minimum Gasteiger partial charge on any atom is -0.383 e. The van der Waals surface area contributed by atoms with E-state index in [9.17, 15) is 18.0 Å². The lowest BCUT2D eigenvalue weighted by molar-refractivity contribution is 0.0834. The molecule has 1 atom stereocenters. The van der Waals surface area contributed by atoms with Gasteiger partial charge in [0.25, 0.3) is 21.8 Å². The standard InChI is InChI=1S/C17H25N3O5S.ClH/c1-11(2)17(3,10-18)19-15(21)12-5-6-13-14(9-12)26(23,24)20(16(13)22)7-8-25-4;/h5-6,9,11H,7-8,10,18H2,1-4H3,(H,19,21);1H. The molecule has 1 aromatic rings. The van der Waals surface area contributed by atoms with Crippen molar-refractivity contribution in [3.05, 3.63) is 29.3 Å². The number of halogens is 1. The Bertz CT molecular complexity index is 828. The average Bonchev–Trinajstić information content (AvgIpc) is 2.78. The van der Waals surface area contributed by atoms with Crippen LogP contribution in [-0.4, -0.2) is 56.9 Å². The molecule has 0 radical (unpaired) electrons. The summed E-state index contributed by atoms with van der Waals surface area (Å²) in [6.07, 6.45) is 0.